The molecule has 0 radical (unpaired) electrons. The Balaban J connectivity index is 1.74. The number of aliphatic hydroxyl groups is 1. The van der Waals surface area contributed by atoms with Crippen molar-refractivity contribution in [1.82, 2.24) is 9.55 Å². The zero-order valence-electron chi connectivity index (χ0n) is 11.3. The van der Waals surface area contributed by atoms with Crippen LogP contribution in [0, 0.1) is 17.8 Å². The fourth-order valence-corrected chi connectivity index (χ4v) is 5.43. The lowest BCUT2D eigenvalue weighted by molar-refractivity contribution is -0.0471. The molecule has 1 aromatic rings. The molecule has 4 aliphatic carbocycles. The molecule has 1 unspecified atom stereocenters. The summed E-state index contributed by atoms with van der Waals surface area (Å²) >= 11 is 0. The van der Waals surface area contributed by atoms with Gasteiger partial charge in [0, 0.05) is 24.5 Å². The van der Waals surface area contributed by atoms with Gasteiger partial charge in [0.15, 0.2) is 0 Å². The Morgan fingerprint density at radius 3 is 2.37 bits per heavy atom. The van der Waals surface area contributed by atoms with Gasteiger partial charge in [0.05, 0.1) is 0 Å². The second-order valence-electron chi connectivity index (χ2n) is 7.05. The fourth-order valence-electron chi connectivity index (χ4n) is 5.43. The molecule has 4 fully saturated rings. The van der Waals surface area contributed by atoms with Crippen LogP contribution in [0.5, 0.6) is 0 Å². The molecule has 4 nitrogen and oxygen atoms in total. The molecule has 3 N–H and O–H groups in total. The minimum Gasteiger partial charge on any atom is -0.384 e. The van der Waals surface area contributed by atoms with Gasteiger partial charge in [-0.15, -0.1) is 0 Å². The molecular weight excluding hydrogens is 238 g/mol. The lowest BCUT2D eigenvalue weighted by Crippen LogP contribution is -2.52. The molecule has 104 valence electrons. The van der Waals surface area contributed by atoms with Crippen LogP contribution in [-0.4, -0.2) is 21.2 Å². The third-order valence-electron chi connectivity index (χ3n) is 5.71. The van der Waals surface area contributed by atoms with Gasteiger partial charge in [0.2, 0.25) is 0 Å². The lowest BCUT2D eigenvalue weighted by atomic mass is 9.53. The van der Waals surface area contributed by atoms with Crippen molar-refractivity contribution in [2.24, 2.45) is 23.5 Å². The maximum absolute atomic E-state index is 10.1. The van der Waals surface area contributed by atoms with Crippen molar-refractivity contribution in [3.8, 4) is 0 Å². The number of aliphatic hydroxyl groups excluding tert-OH is 1. The molecule has 4 bridgehead atoms. The zero-order chi connectivity index (χ0) is 13.0. The maximum atomic E-state index is 10.1. The number of nitrogens with two attached hydrogens (primary N) is 1. The van der Waals surface area contributed by atoms with E-state index < -0.39 is 6.10 Å². The van der Waals surface area contributed by atoms with E-state index in [9.17, 15) is 5.11 Å². The summed E-state index contributed by atoms with van der Waals surface area (Å²) in [6.45, 7) is 0.253. The van der Waals surface area contributed by atoms with Crippen LogP contribution in [0.25, 0.3) is 0 Å². The second-order valence-corrected chi connectivity index (χ2v) is 7.05. The number of nitrogens with zero attached hydrogens (tertiary/aromatic N) is 2. The van der Waals surface area contributed by atoms with Crippen LogP contribution in [0.1, 0.15) is 50.5 Å². The van der Waals surface area contributed by atoms with E-state index in [0.29, 0.717) is 0 Å². The van der Waals surface area contributed by atoms with Crippen molar-refractivity contribution in [3.63, 3.8) is 0 Å². The zero-order valence-corrected chi connectivity index (χ0v) is 11.3. The van der Waals surface area contributed by atoms with Crippen LogP contribution in [0.3, 0.4) is 0 Å². The second kappa shape index (κ2) is 4.06. The summed E-state index contributed by atoms with van der Waals surface area (Å²) in [5, 5.41) is 10.1. The standard InChI is InChI=1S/C15H23N3O/c16-9-13(19)14-17-1-2-18(14)15-6-10-3-11(7-15)5-12(4-10)8-15/h1-2,10-13,19H,3-9,16H2. The van der Waals surface area contributed by atoms with E-state index in [1.54, 1.807) is 0 Å². The third-order valence-corrected chi connectivity index (χ3v) is 5.71. The molecule has 0 aromatic carbocycles. The first kappa shape index (κ1) is 11.9. The van der Waals surface area contributed by atoms with E-state index in [1.165, 1.54) is 38.5 Å². The third kappa shape index (κ3) is 1.69. The van der Waals surface area contributed by atoms with Crippen LogP contribution in [0.15, 0.2) is 12.4 Å². The Kier molecular flexibility index (Phi) is 2.55. The minimum atomic E-state index is -0.622. The van der Waals surface area contributed by atoms with Gasteiger partial charge in [0.1, 0.15) is 11.9 Å². The van der Waals surface area contributed by atoms with Crippen LogP contribution in [0.2, 0.25) is 0 Å². The summed E-state index contributed by atoms with van der Waals surface area (Å²) in [6, 6.07) is 0. The Morgan fingerprint density at radius 1 is 1.26 bits per heavy atom. The average Bonchev–Trinajstić information content (AvgIpc) is 2.86. The number of hydrogen-bond donors (Lipinski definition) is 2. The molecule has 1 aromatic heterocycles. The van der Waals surface area contributed by atoms with Crippen molar-refractivity contribution >= 4 is 0 Å². The predicted molar refractivity (Wildman–Crippen MR) is 72.4 cm³/mol. The molecule has 0 amide bonds. The van der Waals surface area contributed by atoms with Crippen LogP contribution >= 0.6 is 0 Å². The summed E-state index contributed by atoms with van der Waals surface area (Å²) in [7, 11) is 0. The first-order chi connectivity index (χ1) is 9.20. The summed E-state index contributed by atoms with van der Waals surface area (Å²) < 4.78 is 2.29. The molecule has 4 heteroatoms. The van der Waals surface area contributed by atoms with Gasteiger partial charge in [-0.1, -0.05) is 0 Å². The van der Waals surface area contributed by atoms with Gasteiger partial charge in [-0.3, -0.25) is 0 Å². The van der Waals surface area contributed by atoms with Gasteiger partial charge in [-0.25, -0.2) is 4.98 Å². The smallest absolute Gasteiger partial charge is 0.139 e. The van der Waals surface area contributed by atoms with Gasteiger partial charge in [-0.2, -0.15) is 0 Å². The van der Waals surface area contributed by atoms with Gasteiger partial charge < -0.3 is 15.4 Å². The highest BCUT2D eigenvalue weighted by Crippen LogP contribution is 2.59. The van der Waals surface area contributed by atoms with Crippen LogP contribution in [-0.2, 0) is 5.54 Å². The highest BCUT2D eigenvalue weighted by atomic mass is 16.3. The van der Waals surface area contributed by atoms with E-state index >= 15 is 0 Å². The summed E-state index contributed by atoms with van der Waals surface area (Å²) in [6.07, 6.45) is 11.4. The number of aromatic nitrogens is 2. The quantitative estimate of drug-likeness (QED) is 0.872. The number of rotatable bonds is 3. The van der Waals surface area contributed by atoms with Crippen molar-refractivity contribution in [1.29, 1.82) is 0 Å². The highest BCUT2D eigenvalue weighted by molar-refractivity contribution is 5.11. The predicted octanol–water partition coefficient (Wildman–Crippen LogP) is 1.80. The molecule has 0 spiro atoms. The van der Waals surface area contributed by atoms with Crippen molar-refractivity contribution < 1.29 is 5.11 Å². The minimum absolute atomic E-state index is 0.233. The Bertz CT molecular complexity index is 446. The van der Waals surface area contributed by atoms with E-state index in [-0.39, 0.29) is 12.1 Å². The van der Waals surface area contributed by atoms with Gasteiger partial charge in [-0.05, 0) is 56.3 Å². The van der Waals surface area contributed by atoms with Crippen LogP contribution in [0.4, 0.5) is 0 Å². The molecule has 1 atom stereocenters. The number of hydrogen-bond acceptors (Lipinski definition) is 3. The summed E-state index contributed by atoms with van der Waals surface area (Å²) in [4.78, 5) is 4.38. The lowest BCUT2D eigenvalue weighted by Gasteiger charge is -2.57. The van der Waals surface area contributed by atoms with Crippen molar-refractivity contribution in [2.45, 2.75) is 50.2 Å². The SMILES string of the molecule is NCC(O)c1nccn1C12CC3CC(CC(C3)C1)C2. The molecule has 5 rings (SSSR count). The molecule has 0 aliphatic heterocycles. The Hall–Kier alpha value is -0.870. The number of imidazole rings is 1. The van der Waals surface area contributed by atoms with Gasteiger partial charge >= 0.3 is 0 Å². The molecular formula is C15H23N3O. The first-order valence-electron chi connectivity index (χ1n) is 7.62. The van der Waals surface area contributed by atoms with Crippen molar-refractivity contribution in [3.05, 3.63) is 18.2 Å². The molecule has 4 aliphatic rings. The van der Waals surface area contributed by atoms with Crippen molar-refractivity contribution in [2.75, 3.05) is 6.54 Å². The largest absolute Gasteiger partial charge is 0.384 e. The monoisotopic (exact) mass is 261 g/mol. The Morgan fingerprint density at radius 2 is 1.84 bits per heavy atom. The maximum Gasteiger partial charge on any atom is 0.139 e. The molecule has 4 saturated carbocycles. The summed E-state index contributed by atoms with van der Waals surface area (Å²) in [5.41, 5.74) is 5.85. The molecule has 19 heavy (non-hydrogen) atoms. The first-order valence-corrected chi connectivity index (χ1v) is 7.62. The molecule has 0 saturated heterocycles. The van der Waals surface area contributed by atoms with E-state index in [0.717, 1.165) is 23.6 Å². The highest BCUT2D eigenvalue weighted by Gasteiger charge is 2.52. The average molecular weight is 261 g/mol. The Labute approximate surface area is 114 Å². The van der Waals surface area contributed by atoms with E-state index in [2.05, 4.69) is 15.7 Å². The van der Waals surface area contributed by atoms with Gasteiger partial charge in [0.25, 0.3) is 0 Å². The summed E-state index contributed by atoms with van der Waals surface area (Å²) in [5.74, 6) is 3.48. The topological polar surface area (TPSA) is 64.1 Å². The fraction of sp³-hybridized carbons (Fsp3) is 0.800. The van der Waals surface area contributed by atoms with E-state index in [4.69, 9.17) is 5.73 Å². The van der Waals surface area contributed by atoms with Crippen LogP contribution < -0.4 is 5.73 Å². The normalized spacial score (nSPS) is 41.7. The van der Waals surface area contributed by atoms with E-state index in [1.807, 2.05) is 6.20 Å². The molecule has 1 heterocycles.